The Kier molecular flexibility index (Phi) is 4.99. The van der Waals surface area contributed by atoms with Gasteiger partial charge in [0, 0.05) is 22.9 Å². The van der Waals surface area contributed by atoms with E-state index in [1.165, 1.54) is 37.7 Å². The Morgan fingerprint density at radius 2 is 2.12 bits per heavy atom. The van der Waals surface area contributed by atoms with Crippen molar-refractivity contribution in [3.8, 4) is 0 Å². The van der Waals surface area contributed by atoms with E-state index in [4.69, 9.17) is 5.73 Å². The van der Waals surface area contributed by atoms with Gasteiger partial charge in [-0.3, -0.25) is 4.98 Å². The Morgan fingerprint density at radius 3 is 2.82 bits per heavy atom. The zero-order chi connectivity index (χ0) is 12.1. The molecule has 0 bridgehead atoms. The Balaban J connectivity index is 1.74. The highest BCUT2D eigenvalue weighted by atomic mass is 79.9. The quantitative estimate of drug-likeness (QED) is 0.900. The number of halogens is 1. The summed E-state index contributed by atoms with van der Waals surface area (Å²) in [4.78, 5) is 4.17. The van der Waals surface area contributed by atoms with Crippen LogP contribution >= 0.6 is 15.9 Å². The second-order valence-electron chi connectivity index (χ2n) is 5.20. The Hall–Kier alpha value is -0.410. The van der Waals surface area contributed by atoms with Crippen molar-refractivity contribution in [2.75, 3.05) is 0 Å². The molecule has 1 aliphatic rings. The molecular weight excluding hydrogens is 276 g/mol. The number of hydrogen-bond acceptors (Lipinski definition) is 2. The van der Waals surface area contributed by atoms with E-state index in [2.05, 4.69) is 27.0 Å². The van der Waals surface area contributed by atoms with Gasteiger partial charge in [0.1, 0.15) is 0 Å². The molecular formula is C14H21BrN2. The molecule has 0 aliphatic heterocycles. The third-order valence-corrected chi connectivity index (χ3v) is 4.11. The monoisotopic (exact) mass is 296 g/mol. The minimum absolute atomic E-state index is 0.284. The molecule has 2 N–H and O–H groups in total. The molecule has 1 heterocycles. The molecule has 0 aromatic carbocycles. The molecule has 3 heteroatoms. The fraction of sp³-hybridized carbons (Fsp3) is 0.643. The normalized spacial score (nSPS) is 18.5. The largest absolute Gasteiger partial charge is 0.327 e. The molecule has 1 aromatic rings. The average molecular weight is 297 g/mol. The number of pyridine rings is 1. The van der Waals surface area contributed by atoms with Gasteiger partial charge in [-0.15, -0.1) is 0 Å². The Bertz CT molecular complexity index is 348. The topological polar surface area (TPSA) is 38.9 Å². The minimum atomic E-state index is 0.284. The molecule has 94 valence electrons. The highest BCUT2D eigenvalue weighted by Gasteiger charge is 2.16. The molecule has 1 atom stereocenters. The van der Waals surface area contributed by atoms with Crippen molar-refractivity contribution in [2.24, 2.45) is 11.7 Å². The molecule has 0 saturated heterocycles. The van der Waals surface area contributed by atoms with Crippen molar-refractivity contribution in [1.29, 1.82) is 0 Å². The lowest BCUT2D eigenvalue weighted by Gasteiger charge is -2.14. The van der Waals surface area contributed by atoms with Gasteiger partial charge in [-0.2, -0.15) is 0 Å². The van der Waals surface area contributed by atoms with Crippen LogP contribution in [0, 0.1) is 5.92 Å². The molecule has 0 amide bonds. The molecule has 1 unspecified atom stereocenters. The fourth-order valence-corrected chi connectivity index (χ4v) is 3.13. The summed E-state index contributed by atoms with van der Waals surface area (Å²) in [6.45, 7) is 0. The standard InChI is InChI=1S/C14H21BrN2/c15-13-7-12(9-17-10-13)8-14(16)6-5-11-3-1-2-4-11/h7,9-11,14H,1-6,8,16H2. The highest BCUT2D eigenvalue weighted by Crippen LogP contribution is 2.29. The summed E-state index contributed by atoms with van der Waals surface area (Å²) in [7, 11) is 0. The van der Waals surface area contributed by atoms with Gasteiger partial charge in [0.05, 0.1) is 0 Å². The third kappa shape index (κ3) is 4.40. The van der Waals surface area contributed by atoms with Crippen molar-refractivity contribution in [1.82, 2.24) is 4.98 Å². The number of rotatable bonds is 5. The van der Waals surface area contributed by atoms with Crippen LogP contribution in [-0.2, 0) is 6.42 Å². The van der Waals surface area contributed by atoms with Gasteiger partial charge in [-0.25, -0.2) is 0 Å². The van der Waals surface area contributed by atoms with Crippen LogP contribution in [-0.4, -0.2) is 11.0 Å². The predicted octanol–water partition coefficient (Wildman–Crippen LogP) is 3.68. The van der Waals surface area contributed by atoms with Crippen molar-refractivity contribution >= 4 is 15.9 Å². The first kappa shape index (κ1) is 13.0. The van der Waals surface area contributed by atoms with Crippen molar-refractivity contribution in [3.63, 3.8) is 0 Å². The molecule has 1 fully saturated rings. The number of nitrogens with two attached hydrogens (primary N) is 1. The fourth-order valence-electron chi connectivity index (χ4n) is 2.72. The van der Waals surface area contributed by atoms with Gasteiger partial charge >= 0.3 is 0 Å². The van der Waals surface area contributed by atoms with E-state index >= 15 is 0 Å². The van der Waals surface area contributed by atoms with Crippen LogP contribution in [0.2, 0.25) is 0 Å². The van der Waals surface area contributed by atoms with Gasteiger partial charge < -0.3 is 5.73 Å². The van der Waals surface area contributed by atoms with Crippen LogP contribution in [0.5, 0.6) is 0 Å². The van der Waals surface area contributed by atoms with E-state index in [0.717, 1.165) is 23.2 Å². The lowest BCUT2D eigenvalue weighted by Crippen LogP contribution is -2.23. The molecule has 0 spiro atoms. The van der Waals surface area contributed by atoms with E-state index in [1.807, 2.05) is 12.4 Å². The van der Waals surface area contributed by atoms with Crippen LogP contribution in [0.25, 0.3) is 0 Å². The van der Waals surface area contributed by atoms with E-state index < -0.39 is 0 Å². The smallest absolute Gasteiger partial charge is 0.0410 e. The zero-order valence-electron chi connectivity index (χ0n) is 10.2. The van der Waals surface area contributed by atoms with Crippen LogP contribution in [0.3, 0.4) is 0 Å². The number of nitrogens with zero attached hydrogens (tertiary/aromatic N) is 1. The maximum absolute atomic E-state index is 6.19. The Labute approximate surface area is 112 Å². The van der Waals surface area contributed by atoms with E-state index in [9.17, 15) is 0 Å². The second-order valence-corrected chi connectivity index (χ2v) is 6.12. The third-order valence-electron chi connectivity index (χ3n) is 3.68. The SMILES string of the molecule is NC(CCC1CCCC1)Cc1cncc(Br)c1. The molecule has 1 aromatic heterocycles. The first-order chi connectivity index (χ1) is 8.24. The molecule has 1 aliphatic carbocycles. The first-order valence-electron chi connectivity index (χ1n) is 6.59. The Morgan fingerprint density at radius 1 is 1.35 bits per heavy atom. The summed E-state index contributed by atoms with van der Waals surface area (Å²) in [6.07, 6.45) is 12.8. The minimum Gasteiger partial charge on any atom is -0.327 e. The van der Waals surface area contributed by atoms with Gasteiger partial charge in [0.15, 0.2) is 0 Å². The van der Waals surface area contributed by atoms with E-state index in [1.54, 1.807) is 0 Å². The second kappa shape index (κ2) is 6.50. The van der Waals surface area contributed by atoms with Gasteiger partial charge in [0.2, 0.25) is 0 Å². The number of hydrogen-bond donors (Lipinski definition) is 1. The first-order valence-corrected chi connectivity index (χ1v) is 7.38. The average Bonchev–Trinajstić information content (AvgIpc) is 2.79. The number of aromatic nitrogens is 1. The predicted molar refractivity (Wildman–Crippen MR) is 74.8 cm³/mol. The van der Waals surface area contributed by atoms with Gasteiger partial charge in [-0.05, 0) is 52.7 Å². The lowest BCUT2D eigenvalue weighted by molar-refractivity contribution is 0.447. The summed E-state index contributed by atoms with van der Waals surface area (Å²) < 4.78 is 1.04. The van der Waals surface area contributed by atoms with Crippen LogP contribution in [0.4, 0.5) is 0 Å². The highest BCUT2D eigenvalue weighted by molar-refractivity contribution is 9.10. The van der Waals surface area contributed by atoms with Crippen LogP contribution in [0.15, 0.2) is 22.9 Å². The summed E-state index contributed by atoms with van der Waals surface area (Å²) in [6, 6.07) is 2.40. The van der Waals surface area contributed by atoms with Crippen LogP contribution in [0.1, 0.15) is 44.1 Å². The van der Waals surface area contributed by atoms with E-state index in [0.29, 0.717) is 0 Å². The lowest BCUT2D eigenvalue weighted by atomic mass is 9.96. The molecule has 2 rings (SSSR count). The molecule has 0 radical (unpaired) electrons. The van der Waals surface area contributed by atoms with Crippen molar-refractivity contribution in [3.05, 3.63) is 28.5 Å². The summed E-state index contributed by atoms with van der Waals surface area (Å²) in [5, 5.41) is 0. The summed E-state index contributed by atoms with van der Waals surface area (Å²) in [5.74, 6) is 0.946. The maximum atomic E-state index is 6.19. The van der Waals surface area contributed by atoms with Crippen molar-refractivity contribution < 1.29 is 0 Å². The van der Waals surface area contributed by atoms with Gasteiger partial charge in [-0.1, -0.05) is 25.7 Å². The molecule has 17 heavy (non-hydrogen) atoms. The molecule has 2 nitrogen and oxygen atoms in total. The zero-order valence-corrected chi connectivity index (χ0v) is 11.8. The van der Waals surface area contributed by atoms with Crippen LogP contribution < -0.4 is 5.73 Å². The van der Waals surface area contributed by atoms with E-state index in [-0.39, 0.29) is 6.04 Å². The summed E-state index contributed by atoms with van der Waals surface area (Å²) >= 11 is 3.44. The van der Waals surface area contributed by atoms with Crippen molar-refractivity contribution in [2.45, 2.75) is 51.0 Å². The molecule has 1 saturated carbocycles. The summed E-state index contributed by atoms with van der Waals surface area (Å²) in [5.41, 5.74) is 7.43. The maximum Gasteiger partial charge on any atom is 0.0410 e. The van der Waals surface area contributed by atoms with Gasteiger partial charge in [0.25, 0.3) is 0 Å².